The van der Waals surface area contributed by atoms with Gasteiger partial charge < -0.3 is 9.15 Å². The van der Waals surface area contributed by atoms with Gasteiger partial charge in [0.15, 0.2) is 11.5 Å². The average Bonchev–Trinajstić information content (AvgIpc) is 3.35. The van der Waals surface area contributed by atoms with Gasteiger partial charge in [-0.05, 0) is 44.0 Å². The molecule has 0 bridgehead atoms. The number of carbonyl (C=O) groups is 4. The molecule has 10 heteroatoms. The maximum absolute atomic E-state index is 13.6. The highest BCUT2D eigenvalue weighted by Crippen LogP contribution is 2.60. The summed E-state index contributed by atoms with van der Waals surface area (Å²) in [7, 11) is 0. The fraction of sp³-hybridized carbons (Fsp3) is 0.348. The molecule has 3 aliphatic rings. The number of fused-ring (bicyclic) bond motifs is 4. The van der Waals surface area contributed by atoms with Crippen LogP contribution in [0.25, 0.3) is 0 Å². The molecule has 5 rings (SSSR count). The predicted molar refractivity (Wildman–Crippen MR) is 114 cm³/mol. The first-order valence-electron chi connectivity index (χ1n) is 10.5. The number of rotatable bonds is 2. The Hall–Kier alpha value is -3.95. The molecule has 3 atom stereocenters. The number of ether oxygens (including phenoxy) is 1. The number of imide groups is 2. The lowest BCUT2D eigenvalue weighted by atomic mass is 9.65. The van der Waals surface area contributed by atoms with Crippen molar-refractivity contribution in [3.05, 3.63) is 59.5 Å². The largest absolute Gasteiger partial charge is 0.469 e. The van der Waals surface area contributed by atoms with E-state index in [1.54, 1.807) is 57.3 Å². The fourth-order valence-corrected chi connectivity index (χ4v) is 5.01. The van der Waals surface area contributed by atoms with E-state index in [9.17, 15) is 19.2 Å². The molecule has 0 radical (unpaired) electrons. The summed E-state index contributed by atoms with van der Waals surface area (Å²) in [6.45, 7) is 5.17. The van der Waals surface area contributed by atoms with E-state index in [4.69, 9.17) is 9.15 Å². The molecule has 4 heterocycles. The van der Waals surface area contributed by atoms with Gasteiger partial charge in [-0.15, -0.1) is 0 Å². The monoisotopic (exact) mass is 450 g/mol. The van der Waals surface area contributed by atoms with Gasteiger partial charge in [0.1, 0.15) is 11.4 Å². The zero-order valence-corrected chi connectivity index (χ0v) is 18.2. The zero-order chi connectivity index (χ0) is 23.5. The van der Waals surface area contributed by atoms with Crippen molar-refractivity contribution in [2.45, 2.75) is 44.4 Å². The van der Waals surface area contributed by atoms with Gasteiger partial charge in [0, 0.05) is 0 Å². The molecule has 33 heavy (non-hydrogen) atoms. The molecule has 10 nitrogen and oxygen atoms in total. The normalized spacial score (nSPS) is 25.4. The van der Waals surface area contributed by atoms with E-state index in [2.05, 4.69) is 15.7 Å². The first-order valence-corrected chi connectivity index (χ1v) is 10.5. The van der Waals surface area contributed by atoms with Gasteiger partial charge in [-0.25, -0.2) is 9.59 Å². The molecular formula is C23H22N4O6. The zero-order valence-electron chi connectivity index (χ0n) is 18.2. The van der Waals surface area contributed by atoms with Crippen LogP contribution in [0.4, 0.5) is 4.79 Å². The van der Waals surface area contributed by atoms with Crippen LogP contribution in [0.3, 0.4) is 0 Å². The number of benzene rings is 1. The third-order valence-electron chi connectivity index (χ3n) is 6.11. The van der Waals surface area contributed by atoms with Gasteiger partial charge in [0.05, 0.1) is 24.4 Å². The number of hydrogen-bond acceptors (Lipinski definition) is 8. The van der Waals surface area contributed by atoms with Crippen LogP contribution in [-0.4, -0.2) is 46.7 Å². The van der Waals surface area contributed by atoms with Gasteiger partial charge in [-0.1, -0.05) is 24.3 Å². The smallest absolute Gasteiger partial charge is 0.331 e. The lowest BCUT2D eigenvalue weighted by molar-refractivity contribution is -0.161. The number of esters is 1. The van der Waals surface area contributed by atoms with E-state index in [0.29, 0.717) is 11.1 Å². The van der Waals surface area contributed by atoms with E-state index in [1.165, 1.54) is 11.3 Å². The van der Waals surface area contributed by atoms with Crippen LogP contribution in [0.1, 0.15) is 49.6 Å². The molecule has 0 aliphatic carbocycles. The van der Waals surface area contributed by atoms with Crippen molar-refractivity contribution >= 4 is 30.0 Å². The van der Waals surface area contributed by atoms with Gasteiger partial charge in [-0.3, -0.25) is 25.2 Å². The first kappa shape index (κ1) is 20.9. The van der Waals surface area contributed by atoms with Crippen LogP contribution in [0.2, 0.25) is 0 Å². The molecule has 170 valence electrons. The Morgan fingerprint density at radius 1 is 1.09 bits per heavy atom. The third kappa shape index (κ3) is 2.97. The topological polar surface area (TPSA) is 130 Å². The minimum atomic E-state index is -1.93. The number of carbonyl (C=O) groups excluding carboxylic acids is 4. The second kappa shape index (κ2) is 7.03. The van der Waals surface area contributed by atoms with Crippen LogP contribution in [0.15, 0.2) is 52.2 Å². The van der Waals surface area contributed by atoms with Crippen LogP contribution < -0.4 is 10.6 Å². The van der Waals surface area contributed by atoms with Gasteiger partial charge >= 0.3 is 12.0 Å². The molecular weight excluding hydrogens is 428 g/mol. The standard InChI is InChI=1S/C23H22N4O6/c1-22(2,3)33-18(28)16-15(14-9-6-10-32-14)23(19(29)25-21(31)26-20(23)30)17-13-8-5-4-7-12(13)11-24-27(16)17/h4-11,15-17H,1-3H3,(H2,25,26,29,30,31)/t15-,16+,17?/m0/s1. The lowest BCUT2D eigenvalue weighted by Crippen LogP contribution is -2.65. The van der Waals surface area contributed by atoms with Crippen molar-refractivity contribution in [2.75, 3.05) is 0 Å². The summed E-state index contributed by atoms with van der Waals surface area (Å²) < 4.78 is 11.3. The summed E-state index contributed by atoms with van der Waals surface area (Å²) in [6, 6.07) is 7.27. The Bertz CT molecular complexity index is 1180. The van der Waals surface area contributed by atoms with Crippen molar-refractivity contribution in [2.24, 2.45) is 10.5 Å². The van der Waals surface area contributed by atoms with Gasteiger partial charge in [0.25, 0.3) is 0 Å². The van der Waals surface area contributed by atoms with E-state index in [1.807, 2.05) is 6.07 Å². The molecule has 1 spiro atoms. The van der Waals surface area contributed by atoms with E-state index in [-0.39, 0.29) is 5.76 Å². The summed E-state index contributed by atoms with van der Waals surface area (Å²) >= 11 is 0. The average molecular weight is 450 g/mol. The predicted octanol–water partition coefficient (Wildman–Crippen LogP) is 1.83. The minimum Gasteiger partial charge on any atom is -0.469 e. The number of hydrogen-bond donors (Lipinski definition) is 2. The Balaban J connectivity index is 1.79. The summed E-state index contributed by atoms with van der Waals surface area (Å²) in [5, 5.41) is 10.4. The Morgan fingerprint density at radius 2 is 1.79 bits per heavy atom. The maximum atomic E-state index is 13.6. The number of barbiturate groups is 1. The number of nitrogens with one attached hydrogen (secondary N) is 2. The summed E-state index contributed by atoms with van der Waals surface area (Å²) in [5.74, 6) is -3.22. The molecule has 2 N–H and O–H groups in total. The first-order chi connectivity index (χ1) is 15.6. The van der Waals surface area contributed by atoms with Crippen LogP contribution in [0, 0.1) is 5.41 Å². The molecule has 1 unspecified atom stereocenters. The minimum absolute atomic E-state index is 0.229. The Labute approximate surface area is 188 Å². The van der Waals surface area contributed by atoms with Crippen LogP contribution >= 0.6 is 0 Å². The SMILES string of the molecule is CC(C)(C)OC(=O)[C@H]1[C@H](c2ccco2)C2(C(=O)NC(=O)NC2=O)C2c3ccccc3C=NN21. The van der Waals surface area contributed by atoms with Crippen molar-refractivity contribution in [1.82, 2.24) is 15.6 Å². The highest BCUT2D eigenvalue weighted by molar-refractivity contribution is 6.21. The molecule has 0 saturated carbocycles. The molecule has 2 fully saturated rings. The second-order valence-electron chi connectivity index (χ2n) is 9.23. The third-order valence-corrected chi connectivity index (χ3v) is 6.11. The summed E-state index contributed by atoms with van der Waals surface area (Å²) in [6.07, 6.45) is 2.97. The molecule has 1 aromatic heterocycles. The van der Waals surface area contributed by atoms with Crippen molar-refractivity contribution < 1.29 is 28.3 Å². The highest BCUT2D eigenvalue weighted by Gasteiger charge is 2.73. The van der Waals surface area contributed by atoms with Crippen LogP contribution in [-0.2, 0) is 19.1 Å². The van der Waals surface area contributed by atoms with Crippen molar-refractivity contribution in [3.63, 3.8) is 0 Å². The number of hydrazone groups is 1. The Kier molecular flexibility index (Phi) is 4.45. The molecule has 3 aliphatic heterocycles. The molecule has 2 aromatic rings. The van der Waals surface area contributed by atoms with E-state index < -0.39 is 52.8 Å². The quantitative estimate of drug-likeness (QED) is 0.527. The molecule has 4 amide bonds. The van der Waals surface area contributed by atoms with Crippen molar-refractivity contribution in [3.8, 4) is 0 Å². The van der Waals surface area contributed by atoms with E-state index in [0.717, 1.165) is 0 Å². The summed E-state index contributed by atoms with van der Waals surface area (Å²) in [4.78, 5) is 52.7. The number of amides is 4. The Morgan fingerprint density at radius 3 is 2.42 bits per heavy atom. The number of nitrogens with zero attached hydrogens (tertiary/aromatic N) is 2. The van der Waals surface area contributed by atoms with Crippen LogP contribution in [0.5, 0.6) is 0 Å². The molecule has 2 saturated heterocycles. The number of urea groups is 1. The van der Waals surface area contributed by atoms with Crippen molar-refractivity contribution in [1.29, 1.82) is 0 Å². The van der Waals surface area contributed by atoms with Gasteiger partial charge in [-0.2, -0.15) is 5.10 Å². The highest BCUT2D eigenvalue weighted by atomic mass is 16.6. The second-order valence-corrected chi connectivity index (χ2v) is 9.23. The fourth-order valence-electron chi connectivity index (χ4n) is 5.01. The van der Waals surface area contributed by atoms with E-state index >= 15 is 0 Å². The van der Waals surface area contributed by atoms with Gasteiger partial charge in [0.2, 0.25) is 11.8 Å². The number of furan rings is 1. The molecule has 1 aromatic carbocycles. The maximum Gasteiger partial charge on any atom is 0.331 e. The lowest BCUT2D eigenvalue weighted by Gasteiger charge is -2.40. The summed E-state index contributed by atoms with van der Waals surface area (Å²) in [5.41, 5.74) is -1.45.